The van der Waals surface area contributed by atoms with Crippen LogP contribution in [0.2, 0.25) is 0 Å². The van der Waals surface area contributed by atoms with Crippen molar-refractivity contribution < 1.29 is 18.7 Å². The average Bonchev–Trinajstić information content (AvgIpc) is 2.97. The van der Waals surface area contributed by atoms with Crippen LogP contribution in [0.5, 0.6) is 0 Å². The summed E-state index contributed by atoms with van der Waals surface area (Å²) >= 11 is 0. The number of oxazole rings is 1. The molecule has 2 saturated heterocycles. The van der Waals surface area contributed by atoms with Crippen molar-refractivity contribution in [2.75, 3.05) is 0 Å². The third kappa shape index (κ3) is 3.64. The molecular formula is C22H28N2O4. The summed E-state index contributed by atoms with van der Waals surface area (Å²) < 4.78 is 11.2. The van der Waals surface area contributed by atoms with E-state index in [4.69, 9.17) is 9.15 Å². The van der Waals surface area contributed by atoms with Crippen LogP contribution in [-0.4, -0.2) is 39.4 Å². The minimum absolute atomic E-state index is 0.0737. The van der Waals surface area contributed by atoms with Crippen LogP contribution in [0.25, 0.3) is 11.1 Å². The van der Waals surface area contributed by atoms with Gasteiger partial charge in [0.05, 0.1) is 0 Å². The van der Waals surface area contributed by atoms with E-state index in [-0.39, 0.29) is 29.9 Å². The van der Waals surface area contributed by atoms with Gasteiger partial charge in [-0.15, -0.1) is 0 Å². The van der Waals surface area contributed by atoms with Crippen molar-refractivity contribution in [2.24, 2.45) is 5.92 Å². The molecule has 1 aromatic heterocycles. The molecule has 2 fully saturated rings. The third-order valence-corrected chi connectivity index (χ3v) is 5.73. The van der Waals surface area contributed by atoms with E-state index in [1.54, 1.807) is 13.0 Å². The van der Waals surface area contributed by atoms with E-state index in [1.165, 1.54) is 0 Å². The molecule has 0 radical (unpaired) electrons. The van der Waals surface area contributed by atoms with Crippen molar-refractivity contribution in [3.63, 3.8) is 0 Å². The van der Waals surface area contributed by atoms with E-state index in [0.29, 0.717) is 29.9 Å². The Morgan fingerprint density at radius 2 is 1.86 bits per heavy atom. The molecule has 2 aliphatic rings. The van der Waals surface area contributed by atoms with Crippen LogP contribution in [-0.2, 0) is 4.74 Å². The van der Waals surface area contributed by atoms with Crippen molar-refractivity contribution in [3.05, 3.63) is 29.7 Å². The summed E-state index contributed by atoms with van der Waals surface area (Å²) in [6.45, 7) is 7.46. The zero-order valence-electron chi connectivity index (χ0n) is 17.0. The quantitative estimate of drug-likeness (QED) is 0.690. The Morgan fingerprint density at radius 1 is 1.18 bits per heavy atom. The number of aryl methyl sites for hydroxylation is 1. The molecule has 0 saturated carbocycles. The SMILES string of the molecule is Cc1nc2ccc(C(=O)C3CC4CCCC(C3)N4C(=O)OC(C)(C)C)cc2o1. The molecule has 0 spiro atoms. The summed E-state index contributed by atoms with van der Waals surface area (Å²) in [5, 5.41) is 0. The molecule has 3 heterocycles. The number of ether oxygens (including phenoxy) is 1. The van der Waals surface area contributed by atoms with Gasteiger partial charge < -0.3 is 14.1 Å². The fraction of sp³-hybridized carbons (Fsp3) is 0.591. The maximum absolute atomic E-state index is 13.2. The highest BCUT2D eigenvalue weighted by molar-refractivity contribution is 6.00. The topological polar surface area (TPSA) is 72.6 Å². The molecule has 150 valence electrons. The van der Waals surface area contributed by atoms with Crippen molar-refractivity contribution >= 4 is 23.0 Å². The first kappa shape index (κ1) is 19.0. The van der Waals surface area contributed by atoms with E-state index in [0.717, 1.165) is 24.8 Å². The van der Waals surface area contributed by atoms with E-state index < -0.39 is 5.60 Å². The van der Waals surface area contributed by atoms with Gasteiger partial charge in [0, 0.05) is 30.5 Å². The number of carbonyl (C=O) groups excluding carboxylic acids is 2. The lowest BCUT2D eigenvalue weighted by molar-refractivity contribution is -0.0260. The molecule has 1 amide bonds. The molecule has 6 nitrogen and oxygen atoms in total. The molecule has 2 aliphatic heterocycles. The molecule has 28 heavy (non-hydrogen) atoms. The smallest absolute Gasteiger partial charge is 0.410 e. The number of Topliss-reactive ketones (excluding diaryl/α,β-unsaturated/α-hetero) is 1. The number of hydrogen-bond donors (Lipinski definition) is 0. The van der Waals surface area contributed by atoms with Gasteiger partial charge in [0.2, 0.25) is 0 Å². The Balaban J connectivity index is 1.52. The van der Waals surface area contributed by atoms with Gasteiger partial charge in [-0.3, -0.25) is 4.79 Å². The molecule has 2 aromatic rings. The number of hydrogen-bond acceptors (Lipinski definition) is 5. The number of carbonyl (C=O) groups is 2. The number of piperidine rings is 2. The molecule has 0 aliphatic carbocycles. The molecule has 1 aromatic carbocycles. The normalized spacial score (nSPS) is 25.0. The third-order valence-electron chi connectivity index (χ3n) is 5.73. The molecule has 2 bridgehead atoms. The van der Waals surface area contributed by atoms with E-state index in [9.17, 15) is 9.59 Å². The van der Waals surface area contributed by atoms with Crippen LogP contribution in [0.1, 0.15) is 69.1 Å². The highest BCUT2D eigenvalue weighted by atomic mass is 16.6. The van der Waals surface area contributed by atoms with Gasteiger partial charge in [0.25, 0.3) is 0 Å². The highest BCUT2D eigenvalue weighted by Gasteiger charge is 2.44. The molecule has 2 atom stereocenters. The average molecular weight is 384 g/mol. The number of rotatable bonds is 2. The fourth-order valence-electron chi connectivity index (χ4n) is 4.64. The minimum Gasteiger partial charge on any atom is -0.444 e. The maximum atomic E-state index is 13.2. The van der Waals surface area contributed by atoms with Crippen LogP contribution >= 0.6 is 0 Å². The number of benzene rings is 1. The lowest BCUT2D eigenvalue weighted by Gasteiger charge is -2.48. The zero-order valence-corrected chi connectivity index (χ0v) is 17.0. The van der Waals surface area contributed by atoms with Gasteiger partial charge in [0.1, 0.15) is 11.1 Å². The minimum atomic E-state index is -0.511. The first-order valence-corrected chi connectivity index (χ1v) is 10.1. The van der Waals surface area contributed by atoms with E-state index in [2.05, 4.69) is 4.98 Å². The second kappa shape index (κ2) is 6.90. The Bertz CT molecular complexity index is 897. The van der Waals surface area contributed by atoms with Crippen molar-refractivity contribution in [1.29, 1.82) is 0 Å². The Morgan fingerprint density at radius 3 is 2.50 bits per heavy atom. The second-order valence-electron chi connectivity index (χ2n) is 9.07. The lowest BCUT2D eigenvalue weighted by Crippen LogP contribution is -2.56. The first-order valence-electron chi connectivity index (χ1n) is 10.1. The van der Waals surface area contributed by atoms with Gasteiger partial charge in [-0.25, -0.2) is 9.78 Å². The molecule has 2 unspecified atom stereocenters. The van der Waals surface area contributed by atoms with Crippen molar-refractivity contribution in [1.82, 2.24) is 9.88 Å². The summed E-state index contributed by atoms with van der Waals surface area (Å²) in [6, 6.07) is 5.63. The van der Waals surface area contributed by atoms with Gasteiger partial charge in [-0.1, -0.05) is 0 Å². The van der Waals surface area contributed by atoms with Gasteiger partial charge in [0.15, 0.2) is 17.3 Å². The monoisotopic (exact) mass is 384 g/mol. The molecular weight excluding hydrogens is 356 g/mol. The Kier molecular flexibility index (Phi) is 4.68. The predicted molar refractivity (Wildman–Crippen MR) is 105 cm³/mol. The van der Waals surface area contributed by atoms with Crippen LogP contribution in [0.4, 0.5) is 4.79 Å². The number of ketones is 1. The fourth-order valence-corrected chi connectivity index (χ4v) is 4.64. The summed E-state index contributed by atoms with van der Waals surface area (Å²) in [4.78, 5) is 32.1. The van der Waals surface area contributed by atoms with Crippen LogP contribution in [0, 0.1) is 12.8 Å². The van der Waals surface area contributed by atoms with Gasteiger partial charge in [-0.05, 0) is 71.1 Å². The number of amides is 1. The number of aromatic nitrogens is 1. The molecule has 0 N–H and O–H groups in total. The lowest BCUT2D eigenvalue weighted by atomic mass is 9.76. The molecule has 4 rings (SSSR count). The van der Waals surface area contributed by atoms with Gasteiger partial charge in [-0.2, -0.15) is 0 Å². The summed E-state index contributed by atoms with van der Waals surface area (Å²) in [6.07, 6.45) is 4.11. The largest absolute Gasteiger partial charge is 0.444 e. The van der Waals surface area contributed by atoms with Crippen LogP contribution in [0.3, 0.4) is 0 Å². The number of fused-ring (bicyclic) bond motifs is 3. The van der Waals surface area contributed by atoms with Crippen molar-refractivity contribution in [3.8, 4) is 0 Å². The zero-order chi connectivity index (χ0) is 20.1. The maximum Gasteiger partial charge on any atom is 0.410 e. The number of nitrogens with zero attached hydrogens (tertiary/aromatic N) is 2. The highest BCUT2D eigenvalue weighted by Crippen LogP contribution is 2.39. The van der Waals surface area contributed by atoms with E-state index >= 15 is 0 Å². The van der Waals surface area contributed by atoms with Gasteiger partial charge >= 0.3 is 6.09 Å². The second-order valence-corrected chi connectivity index (χ2v) is 9.07. The first-order chi connectivity index (χ1) is 13.2. The summed E-state index contributed by atoms with van der Waals surface area (Å²) in [5.74, 6) is 0.659. The predicted octanol–water partition coefficient (Wildman–Crippen LogP) is 4.89. The van der Waals surface area contributed by atoms with Crippen LogP contribution in [0.15, 0.2) is 22.6 Å². The van der Waals surface area contributed by atoms with Crippen LogP contribution < -0.4 is 0 Å². The Hall–Kier alpha value is -2.37. The molecule has 6 heteroatoms. The standard InChI is InChI=1S/C22H28N2O4/c1-13-23-18-9-8-14(12-19(18)27-13)20(25)15-10-16-6-5-7-17(11-15)24(16)21(26)28-22(2,3)4/h8-9,12,15-17H,5-7,10-11H2,1-4H3. The Labute approximate surface area is 165 Å². The van der Waals surface area contributed by atoms with E-state index in [1.807, 2.05) is 37.8 Å². The summed E-state index contributed by atoms with van der Waals surface area (Å²) in [5.41, 5.74) is 1.57. The summed E-state index contributed by atoms with van der Waals surface area (Å²) in [7, 11) is 0. The van der Waals surface area contributed by atoms with Crippen molar-refractivity contribution in [2.45, 2.75) is 77.5 Å².